The van der Waals surface area contributed by atoms with E-state index in [9.17, 15) is 13.0 Å². The van der Waals surface area contributed by atoms with E-state index in [-0.39, 0.29) is 29.6 Å². The Hall–Kier alpha value is 1.22. The van der Waals surface area contributed by atoms with Crippen LogP contribution < -0.4 is 29.6 Å². The van der Waals surface area contributed by atoms with E-state index in [0.717, 1.165) is 7.11 Å². The zero-order chi connectivity index (χ0) is 5.86. The Bertz CT molecular complexity index is 102. The van der Waals surface area contributed by atoms with Crippen LogP contribution in [0.2, 0.25) is 0 Å². The van der Waals surface area contributed by atoms with Gasteiger partial charge in [-0.3, -0.25) is 8.39 Å². The zero-order valence-electron chi connectivity index (χ0n) is 4.45. The van der Waals surface area contributed by atoms with E-state index in [4.69, 9.17) is 0 Å². The first-order valence-corrected chi connectivity index (χ1v) is 3.91. The number of hydrogen-bond acceptors (Lipinski definition) is 4. The first-order chi connectivity index (χ1) is 3.18. The monoisotopic (exact) mass is 166 g/mol. The Balaban J connectivity index is 0. The molecule has 0 saturated heterocycles. The number of rotatable bonds is 2. The van der Waals surface area contributed by atoms with Crippen molar-refractivity contribution in [2.75, 3.05) is 7.11 Å². The minimum Gasteiger partial charge on any atom is -0.760 e. The third-order valence-electron chi connectivity index (χ3n) is 0.247. The summed E-state index contributed by atoms with van der Waals surface area (Å²) >= 11 is 0. The molecule has 0 aliphatic heterocycles. The van der Waals surface area contributed by atoms with Crippen LogP contribution in [-0.2, 0) is 24.4 Å². The average molecular weight is 166 g/mol. The first kappa shape index (κ1) is 12.0. The third kappa shape index (κ3) is 5.36. The van der Waals surface area contributed by atoms with Gasteiger partial charge in [-0.2, -0.15) is 0 Å². The maximum Gasteiger partial charge on any atom is 1.00 e. The van der Waals surface area contributed by atoms with Crippen LogP contribution in [0.3, 0.4) is 0 Å². The van der Waals surface area contributed by atoms with Gasteiger partial charge in [0.2, 0.25) is 10.1 Å². The van der Waals surface area contributed by atoms with Crippen molar-refractivity contribution in [3.05, 3.63) is 0 Å². The van der Waals surface area contributed by atoms with Crippen LogP contribution in [0.4, 0.5) is 0 Å². The van der Waals surface area contributed by atoms with Gasteiger partial charge in [0.15, 0.2) is 0 Å². The van der Waals surface area contributed by atoms with Gasteiger partial charge in [-0.1, -0.05) is 0 Å². The molecule has 0 rings (SSSR count). The van der Waals surface area contributed by atoms with Crippen molar-refractivity contribution in [2.45, 2.75) is 0 Å². The molecule has 7 heteroatoms. The van der Waals surface area contributed by atoms with Crippen LogP contribution in [0.25, 0.3) is 0 Å². The average Bonchev–Trinajstić information content (AvgIpc) is 1.65. The molecule has 44 valence electrons. The standard InChI is InChI=1S/CH4O4S2.Na/c1-5-7(4)6(2)3;/h1H3,(H,2,3);/q;+1/p-1. The molecule has 0 aliphatic rings. The third-order valence-corrected chi connectivity index (χ3v) is 1.82. The molecule has 0 saturated carbocycles. The first-order valence-electron chi connectivity index (χ1n) is 1.24. The van der Waals surface area contributed by atoms with E-state index < -0.39 is 20.2 Å². The molecule has 0 fully saturated rings. The van der Waals surface area contributed by atoms with E-state index in [0.29, 0.717) is 0 Å². The van der Waals surface area contributed by atoms with E-state index in [2.05, 4.69) is 4.18 Å². The minimum absolute atomic E-state index is 0. The summed E-state index contributed by atoms with van der Waals surface area (Å²) in [5.74, 6) is 0. The molecule has 2 atom stereocenters. The summed E-state index contributed by atoms with van der Waals surface area (Å²) in [6.07, 6.45) is 0. The molecular formula is CH3NaO4S2. The quantitative estimate of drug-likeness (QED) is 0.239. The Kier molecular flexibility index (Phi) is 9.47. The summed E-state index contributed by atoms with van der Waals surface area (Å²) in [6, 6.07) is 0. The molecule has 0 aromatic carbocycles. The van der Waals surface area contributed by atoms with E-state index in [1.165, 1.54) is 0 Å². The van der Waals surface area contributed by atoms with Crippen LogP contribution in [-0.4, -0.2) is 20.1 Å². The number of hydrogen-bond donors (Lipinski definition) is 0. The molecule has 0 N–H and O–H groups in total. The Labute approximate surface area is 73.6 Å². The fourth-order valence-corrected chi connectivity index (χ4v) is 0.500. The fraction of sp³-hybridized carbons (Fsp3) is 1.00. The molecule has 2 unspecified atom stereocenters. The van der Waals surface area contributed by atoms with Gasteiger partial charge in [-0.25, -0.2) is 4.21 Å². The predicted molar refractivity (Wildman–Crippen MR) is 24.1 cm³/mol. The normalized spacial score (nSPS) is 16.2. The maximum atomic E-state index is 9.79. The van der Waals surface area contributed by atoms with Gasteiger partial charge in [0.05, 0.1) is 17.2 Å². The second kappa shape index (κ2) is 6.34. The largest absolute Gasteiger partial charge is 1.00 e. The van der Waals surface area contributed by atoms with Gasteiger partial charge >= 0.3 is 29.6 Å². The van der Waals surface area contributed by atoms with Crippen molar-refractivity contribution in [1.29, 1.82) is 0 Å². The van der Waals surface area contributed by atoms with Crippen LogP contribution >= 0.6 is 0 Å². The molecule has 0 spiro atoms. The van der Waals surface area contributed by atoms with Crippen molar-refractivity contribution in [2.24, 2.45) is 0 Å². The Morgan fingerprint density at radius 3 is 1.88 bits per heavy atom. The van der Waals surface area contributed by atoms with Crippen molar-refractivity contribution < 1.29 is 46.7 Å². The van der Waals surface area contributed by atoms with Gasteiger partial charge in [-0.05, 0) is 0 Å². The molecule has 0 aliphatic carbocycles. The molecule has 0 bridgehead atoms. The zero-order valence-corrected chi connectivity index (χ0v) is 8.08. The smallest absolute Gasteiger partial charge is 0.760 e. The second-order valence-corrected chi connectivity index (χ2v) is 3.36. The van der Waals surface area contributed by atoms with Crippen molar-refractivity contribution in [3.8, 4) is 0 Å². The molecular weight excluding hydrogens is 163 g/mol. The molecule has 0 heterocycles. The summed E-state index contributed by atoms with van der Waals surface area (Å²) < 4.78 is 32.7. The Morgan fingerprint density at radius 2 is 1.88 bits per heavy atom. The molecule has 0 aromatic heterocycles. The van der Waals surface area contributed by atoms with Crippen molar-refractivity contribution >= 4 is 20.2 Å². The van der Waals surface area contributed by atoms with Gasteiger partial charge in [0.25, 0.3) is 0 Å². The SMILES string of the molecule is COS(=O)S(=O)[O-].[Na+]. The van der Waals surface area contributed by atoms with Gasteiger partial charge < -0.3 is 4.55 Å². The van der Waals surface area contributed by atoms with E-state index in [1.54, 1.807) is 0 Å². The minimum atomic E-state index is -2.61. The summed E-state index contributed by atoms with van der Waals surface area (Å²) in [4.78, 5) is 0. The summed E-state index contributed by atoms with van der Waals surface area (Å²) in [6.45, 7) is 0. The molecule has 0 aromatic rings. The second-order valence-electron chi connectivity index (χ2n) is 0.575. The predicted octanol–water partition coefficient (Wildman–Crippen LogP) is -3.91. The topological polar surface area (TPSA) is 66.4 Å². The van der Waals surface area contributed by atoms with Gasteiger partial charge in [-0.15, -0.1) is 0 Å². The van der Waals surface area contributed by atoms with Crippen molar-refractivity contribution in [3.63, 3.8) is 0 Å². The molecule has 8 heavy (non-hydrogen) atoms. The summed E-state index contributed by atoms with van der Waals surface area (Å²) in [5.41, 5.74) is 0. The summed E-state index contributed by atoms with van der Waals surface area (Å²) in [5, 5.41) is 0. The Morgan fingerprint density at radius 1 is 1.50 bits per heavy atom. The maximum absolute atomic E-state index is 9.79. The van der Waals surface area contributed by atoms with E-state index in [1.807, 2.05) is 0 Å². The van der Waals surface area contributed by atoms with Gasteiger partial charge in [0, 0.05) is 0 Å². The van der Waals surface area contributed by atoms with Crippen molar-refractivity contribution in [1.82, 2.24) is 0 Å². The molecule has 0 radical (unpaired) electrons. The van der Waals surface area contributed by atoms with E-state index >= 15 is 0 Å². The van der Waals surface area contributed by atoms with Crippen LogP contribution in [0.15, 0.2) is 0 Å². The van der Waals surface area contributed by atoms with Crippen LogP contribution in [0, 0.1) is 0 Å². The molecule has 4 nitrogen and oxygen atoms in total. The summed E-state index contributed by atoms with van der Waals surface area (Å²) in [7, 11) is -3.72. The molecule has 0 amide bonds. The van der Waals surface area contributed by atoms with Crippen LogP contribution in [0.1, 0.15) is 0 Å². The fourth-order valence-electron chi connectivity index (χ4n) is 0.0556. The van der Waals surface area contributed by atoms with Crippen LogP contribution in [0.5, 0.6) is 0 Å². The van der Waals surface area contributed by atoms with Gasteiger partial charge in [0.1, 0.15) is 0 Å².